The van der Waals surface area contributed by atoms with Gasteiger partial charge >= 0.3 is 0 Å². The van der Waals surface area contributed by atoms with Gasteiger partial charge in [-0.15, -0.1) is 11.3 Å². The minimum Gasteiger partial charge on any atom is -0.344 e. The summed E-state index contributed by atoms with van der Waals surface area (Å²) in [6, 6.07) is 12.1. The van der Waals surface area contributed by atoms with E-state index in [1.807, 2.05) is 0 Å². The number of thiophene rings is 1. The van der Waals surface area contributed by atoms with E-state index < -0.39 is 0 Å². The minimum atomic E-state index is -0.0284. The van der Waals surface area contributed by atoms with Gasteiger partial charge in [-0.25, -0.2) is 0 Å². The largest absolute Gasteiger partial charge is 0.344 e. The maximum absolute atomic E-state index is 12.3. The van der Waals surface area contributed by atoms with Crippen molar-refractivity contribution in [2.24, 2.45) is 5.92 Å². The number of halogens is 1. The van der Waals surface area contributed by atoms with Crippen LogP contribution in [0.3, 0.4) is 0 Å². The predicted octanol–water partition coefficient (Wildman–Crippen LogP) is 4.59. The third kappa shape index (κ3) is 3.05. The van der Waals surface area contributed by atoms with Crippen molar-refractivity contribution in [3.63, 3.8) is 0 Å². The van der Waals surface area contributed by atoms with Crippen LogP contribution in [0.5, 0.6) is 0 Å². The molecule has 1 aromatic heterocycles. The fourth-order valence-corrected chi connectivity index (χ4v) is 3.27. The standard InChI is InChI=1S/C16H16ClNOS/c1-10-2-4-11(5-3-10)15(12-6-7-12)18-16(19)13-8-9-14(17)20-13/h2-5,8-9,12,15H,6-7H2,1H3,(H,18,19). The van der Waals surface area contributed by atoms with Crippen LogP contribution < -0.4 is 5.32 Å². The Morgan fingerprint density at radius 3 is 2.50 bits per heavy atom. The van der Waals surface area contributed by atoms with Crippen molar-refractivity contribution < 1.29 is 4.79 Å². The van der Waals surface area contributed by atoms with E-state index in [4.69, 9.17) is 11.6 Å². The van der Waals surface area contributed by atoms with E-state index >= 15 is 0 Å². The lowest BCUT2D eigenvalue weighted by atomic mass is 10.0. The number of hydrogen-bond acceptors (Lipinski definition) is 2. The predicted molar refractivity (Wildman–Crippen MR) is 83.4 cm³/mol. The zero-order valence-corrected chi connectivity index (χ0v) is 12.8. The first kappa shape index (κ1) is 13.7. The average Bonchev–Trinajstić information content (AvgIpc) is 3.18. The smallest absolute Gasteiger partial charge is 0.261 e. The molecule has 0 radical (unpaired) electrons. The van der Waals surface area contributed by atoms with Gasteiger partial charge in [-0.05, 0) is 43.4 Å². The summed E-state index contributed by atoms with van der Waals surface area (Å²) in [5, 5.41) is 3.16. The number of aryl methyl sites for hydroxylation is 1. The molecule has 0 spiro atoms. The summed E-state index contributed by atoms with van der Waals surface area (Å²) in [6.45, 7) is 2.07. The van der Waals surface area contributed by atoms with E-state index in [2.05, 4.69) is 36.5 Å². The van der Waals surface area contributed by atoms with E-state index in [0.29, 0.717) is 15.1 Å². The number of amides is 1. The Labute approximate surface area is 127 Å². The van der Waals surface area contributed by atoms with Crippen LogP contribution in [-0.4, -0.2) is 5.91 Å². The van der Waals surface area contributed by atoms with Crippen LogP contribution in [0.4, 0.5) is 0 Å². The highest BCUT2D eigenvalue weighted by atomic mass is 35.5. The highest BCUT2D eigenvalue weighted by Crippen LogP contribution is 2.41. The number of nitrogens with one attached hydrogen (secondary N) is 1. The number of benzene rings is 1. The Morgan fingerprint density at radius 1 is 1.25 bits per heavy atom. The van der Waals surface area contributed by atoms with Crippen molar-refractivity contribution >= 4 is 28.8 Å². The Balaban J connectivity index is 1.78. The third-order valence-electron chi connectivity index (χ3n) is 3.61. The topological polar surface area (TPSA) is 29.1 Å². The molecule has 20 heavy (non-hydrogen) atoms. The molecular formula is C16H16ClNOS. The summed E-state index contributed by atoms with van der Waals surface area (Å²) in [5.41, 5.74) is 2.42. The second kappa shape index (κ2) is 5.58. The van der Waals surface area contributed by atoms with Gasteiger partial charge < -0.3 is 5.32 Å². The summed E-state index contributed by atoms with van der Waals surface area (Å²) >= 11 is 7.21. The summed E-state index contributed by atoms with van der Waals surface area (Å²) in [5.74, 6) is 0.538. The van der Waals surface area contributed by atoms with Crippen LogP contribution in [0, 0.1) is 12.8 Å². The molecule has 1 fully saturated rings. The van der Waals surface area contributed by atoms with Gasteiger partial charge in [0.2, 0.25) is 0 Å². The van der Waals surface area contributed by atoms with E-state index in [-0.39, 0.29) is 11.9 Å². The molecule has 2 nitrogen and oxygen atoms in total. The first-order valence-corrected chi connectivity index (χ1v) is 7.96. The number of carbonyl (C=O) groups excluding carboxylic acids is 1. The second-order valence-corrected chi connectivity index (χ2v) is 7.02. The molecule has 1 aliphatic rings. The van der Waals surface area contributed by atoms with E-state index in [1.54, 1.807) is 12.1 Å². The van der Waals surface area contributed by atoms with Crippen LogP contribution in [0.1, 0.15) is 39.7 Å². The molecule has 1 aliphatic carbocycles. The van der Waals surface area contributed by atoms with Crippen LogP contribution in [0.15, 0.2) is 36.4 Å². The van der Waals surface area contributed by atoms with Crippen LogP contribution in [0.2, 0.25) is 4.34 Å². The van der Waals surface area contributed by atoms with Gasteiger partial charge in [0.05, 0.1) is 15.3 Å². The maximum Gasteiger partial charge on any atom is 0.261 e. The van der Waals surface area contributed by atoms with Gasteiger partial charge in [0.15, 0.2) is 0 Å². The molecule has 1 amide bonds. The second-order valence-electron chi connectivity index (χ2n) is 5.30. The van der Waals surface area contributed by atoms with Crippen molar-refractivity contribution in [1.82, 2.24) is 5.32 Å². The van der Waals surface area contributed by atoms with Gasteiger partial charge in [-0.1, -0.05) is 41.4 Å². The van der Waals surface area contributed by atoms with Crippen molar-refractivity contribution in [2.75, 3.05) is 0 Å². The number of carbonyl (C=O) groups is 1. The molecule has 104 valence electrons. The van der Waals surface area contributed by atoms with Gasteiger partial charge in [-0.3, -0.25) is 4.79 Å². The molecule has 1 N–H and O–H groups in total. The minimum absolute atomic E-state index is 0.0284. The van der Waals surface area contributed by atoms with E-state index in [9.17, 15) is 4.79 Å². The Hall–Kier alpha value is -1.32. The van der Waals surface area contributed by atoms with Crippen molar-refractivity contribution in [3.8, 4) is 0 Å². The Morgan fingerprint density at radius 2 is 1.95 bits per heavy atom. The fraction of sp³-hybridized carbons (Fsp3) is 0.312. The lowest BCUT2D eigenvalue weighted by Crippen LogP contribution is -2.29. The average molecular weight is 306 g/mol. The molecule has 4 heteroatoms. The summed E-state index contributed by atoms with van der Waals surface area (Å²) in [4.78, 5) is 13.0. The normalized spacial score (nSPS) is 15.9. The lowest BCUT2D eigenvalue weighted by molar-refractivity contribution is 0.0936. The maximum atomic E-state index is 12.3. The lowest BCUT2D eigenvalue weighted by Gasteiger charge is -2.18. The molecular weight excluding hydrogens is 290 g/mol. The van der Waals surface area contributed by atoms with Crippen LogP contribution >= 0.6 is 22.9 Å². The van der Waals surface area contributed by atoms with E-state index in [1.165, 1.54) is 35.3 Å². The quantitative estimate of drug-likeness (QED) is 0.879. The third-order valence-corrected chi connectivity index (χ3v) is 4.84. The van der Waals surface area contributed by atoms with Gasteiger partial charge in [0.1, 0.15) is 0 Å². The summed E-state index contributed by atoms with van der Waals surface area (Å²) < 4.78 is 0.647. The van der Waals surface area contributed by atoms with Gasteiger partial charge in [-0.2, -0.15) is 0 Å². The molecule has 1 saturated carbocycles. The number of hydrogen-bond donors (Lipinski definition) is 1. The van der Waals surface area contributed by atoms with Crippen molar-refractivity contribution in [1.29, 1.82) is 0 Å². The van der Waals surface area contributed by atoms with Crippen LogP contribution in [-0.2, 0) is 0 Å². The molecule has 1 heterocycles. The molecule has 1 unspecified atom stereocenters. The first-order valence-electron chi connectivity index (χ1n) is 6.76. The number of rotatable bonds is 4. The van der Waals surface area contributed by atoms with E-state index in [0.717, 1.165) is 0 Å². The monoisotopic (exact) mass is 305 g/mol. The summed E-state index contributed by atoms with van der Waals surface area (Å²) in [6.07, 6.45) is 2.37. The van der Waals surface area contributed by atoms with Crippen LogP contribution in [0.25, 0.3) is 0 Å². The Kier molecular flexibility index (Phi) is 3.81. The van der Waals surface area contributed by atoms with Crippen molar-refractivity contribution in [2.45, 2.75) is 25.8 Å². The highest BCUT2D eigenvalue weighted by molar-refractivity contribution is 7.17. The molecule has 1 aromatic carbocycles. The fourth-order valence-electron chi connectivity index (χ4n) is 2.33. The molecule has 0 aliphatic heterocycles. The first-order chi connectivity index (χ1) is 9.63. The Bertz CT molecular complexity index is 616. The molecule has 1 atom stereocenters. The molecule has 2 aromatic rings. The zero-order valence-electron chi connectivity index (χ0n) is 11.2. The zero-order chi connectivity index (χ0) is 14.1. The van der Waals surface area contributed by atoms with Crippen molar-refractivity contribution in [3.05, 3.63) is 56.7 Å². The SMILES string of the molecule is Cc1ccc(C(NC(=O)c2ccc(Cl)s2)C2CC2)cc1. The molecule has 0 saturated heterocycles. The van der Waals surface area contributed by atoms with Gasteiger partial charge in [0.25, 0.3) is 5.91 Å². The molecule has 3 rings (SSSR count). The summed E-state index contributed by atoms with van der Waals surface area (Å²) in [7, 11) is 0. The molecule has 0 bridgehead atoms. The highest BCUT2D eigenvalue weighted by Gasteiger charge is 2.33. The van der Waals surface area contributed by atoms with Gasteiger partial charge in [0, 0.05) is 0 Å².